The highest BCUT2D eigenvalue weighted by molar-refractivity contribution is 5.81. The lowest BCUT2D eigenvalue weighted by atomic mass is 10.1. The summed E-state index contributed by atoms with van der Waals surface area (Å²) in [7, 11) is 0. The van der Waals surface area contributed by atoms with Crippen molar-refractivity contribution in [3.8, 4) is 0 Å². The first kappa shape index (κ1) is 18.1. The first-order valence-electron chi connectivity index (χ1n) is 7.46. The zero-order valence-electron chi connectivity index (χ0n) is 12.3. The number of rotatable bonds is 12. The molecule has 0 aliphatic carbocycles. The molecule has 0 aromatic carbocycles. The summed E-state index contributed by atoms with van der Waals surface area (Å²) >= 11 is 0. The summed E-state index contributed by atoms with van der Waals surface area (Å²) in [5.41, 5.74) is 0. The number of carbonyl (C=O) groups excluding carboxylic acids is 2. The number of esters is 1. The van der Waals surface area contributed by atoms with Crippen LogP contribution in [0.3, 0.4) is 0 Å². The van der Waals surface area contributed by atoms with E-state index in [4.69, 9.17) is 5.11 Å². The Labute approximate surface area is 116 Å². The van der Waals surface area contributed by atoms with E-state index in [1.807, 2.05) is 0 Å². The zero-order valence-corrected chi connectivity index (χ0v) is 12.3. The second-order valence-electron chi connectivity index (χ2n) is 5.03. The third kappa shape index (κ3) is 11.9. The highest BCUT2D eigenvalue weighted by Gasteiger charge is 2.14. The van der Waals surface area contributed by atoms with Gasteiger partial charge in [-0.15, -0.1) is 0 Å². The Morgan fingerprint density at radius 2 is 1.42 bits per heavy atom. The minimum Gasteiger partial charge on any atom is -0.428 e. The van der Waals surface area contributed by atoms with Crippen LogP contribution in [0.25, 0.3) is 0 Å². The molecule has 0 bridgehead atoms. The van der Waals surface area contributed by atoms with Crippen LogP contribution in [0.5, 0.6) is 0 Å². The van der Waals surface area contributed by atoms with Crippen molar-refractivity contribution in [3.63, 3.8) is 0 Å². The standard InChI is InChI=1S/C15H28O4/c1-3-4-5-6-7-8-9-10-11-12-14(17)19-15(18)13(2)16/h15,18H,3-12H2,1-2H3. The van der Waals surface area contributed by atoms with E-state index in [-0.39, 0.29) is 6.42 Å². The van der Waals surface area contributed by atoms with E-state index in [1.165, 1.54) is 45.4 Å². The molecule has 1 N–H and O–H groups in total. The Morgan fingerprint density at radius 1 is 0.947 bits per heavy atom. The number of hydrogen-bond acceptors (Lipinski definition) is 4. The van der Waals surface area contributed by atoms with Crippen LogP contribution < -0.4 is 0 Å². The number of carbonyl (C=O) groups is 2. The van der Waals surface area contributed by atoms with E-state index in [9.17, 15) is 9.59 Å². The topological polar surface area (TPSA) is 63.6 Å². The van der Waals surface area contributed by atoms with Crippen molar-refractivity contribution < 1.29 is 19.4 Å². The van der Waals surface area contributed by atoms with Gasteiger partial charge in [-0.1, -0.05) is 58.3 Å². The van der Waals surface area contributed by atoms with Crippen molar-refractivity contribution >= 4 is 11.8 Å². The molecule has 19 heavy (non-hydrogen) atoms. The molecule has 0 spiro atoms. The van der Waals surface area contributed by atoms with Crippen LogP contribution in [0, 0.1) is 0 Å². The van der Waals surface area contributed by atoms with Gasteiger partial charge < -0.3 is 9.84 Å². The number of Topliss-reactive ketones (excluding diaryl/α,β-unsaturated/α-hetero) is 1. The molecule has 1 atom stereocenters. The average molecular weight is 272 g/mol. The van der Waals surface area contributed by atoms with Gasteiger partial charge in [0.1, 0.15) is 0 Å². The molecule has 0 aromatic rings. The number of unbranched alkanes of at least 4 members (excludes halogenated alkanes) is 8. The molecule has 0 amide bonds. The smallest absolute Gasteiger partial charge is 0.308 e. The van der Waals surface area contributed by atoms with Crippen molar-refractivity contribution in [2.24, 2.45) is 0 Å². The summed E-state index contributed by atoms with van der Waals surface area (Å²) < 4.78 is 4.55. The van der Waals surface area contributed by atoms with Gasteiger partial charge in [0.15, 0.2) is 5.78 Å². The Hall–Kier alpha value is -0.900. The summed E-state index contributed by atoms with van der Waals surface area (Å²) in [6, 6.07) is 0. The van der Waals surface area contributed by atoms with Gasteiger partial charge >= 0.3 is 5.97 Å². The van der Waals surface area contributed by atoms with Crippen LogP contribution in [0.1, 0.15) is 78.1 Å². The van der Waals surface area contributed by atoms with E-state index in [2.05, 4.69) is 11.7 Å². The van der Waals surface area contributed by atoms with Crippen molar-refractivity contribution in [2.45, 2.75) is 84.3 Å². The van der Waals surface area contributed by atoms with Crippen molar-refractivity contribution in [1.29, 1.82) is 0 Å². The molecule has 0 fully saturated rings. The molecule has 0 aromatic heterocycles. The summed E-state index contributed by atoms with van der Waals surface area (Å²) in [6.45, 7) is 3.40. The minimum absolute atomic E-state index is 0.278. The number of ketones is 1. The Bertz CT molecular complexity index is 251. The minimum atomic E-state index is -1.59. The van der Waals surface area contributed by atoms with Crippen LogP contribution in [-0.2, 0) is 14.3 Å². The number of hydrogen-bond donors (Lipinski definition) is 1. The fourth-order valence-corrected chi connectivity index (χ4v) is 1.85. The van der Waals surface area contributed by atoms with Crippen LogP contribution in [0.2, 0.25) is 0 Å². The highest BCUT2D eigenvalue weighted by atomic mass is 16.6. The fourth-order valence-electron chi connectivity index (χ4n) is 1.85. The van der Waals surface area contributed by atoms with Gasteiger partial charge in [-0.2, -0.15) is 0 Å². The summed E-state index contributed by atoms with van der Waals surface area (Å²) in [5.74, 6) is -1.04. The molecule has 0 aliphatic rings. The van der Waals surface area contributed by atoms with Crippen LogP contribution in [0.15, 0.2) is 0 Å². The predicted molar refractivity (Wildman–Crippen MR) is 74.6 cm³/mol. The predicted octanol–water partition coefficient (Wildman–Crippen LogP) is 3.36. The Morgan fingerprint density at radius 3 is 1.89 bits per heavy atom. The van der Waals surface area contributed by atoms with Gasteiger partial charge in [0.25, 0.3) is 6.29 Å². The van der Waals surface area contributed by atoms with Crippen LogP contribution in [0.4, 0.5) is 0 Å². The lowest BCUT2D eigenvalue weighted by Gasteiger charge is -2.08. The third-order valence-electron chi connectivity index (χ3n) is 3.08. The molecule has 0 rings (SSSR count). The average Bonchev–Trinajstić information content (AvgIpc) is 2.36. The summed E-state index contributed by atoms with van der Waals surface area (Å²) in [6.07, 6.45) is 9.30. The Kier molecular flexibility index (Phi) is 11.6. The van der Waals surface area contributed by atoms with E-state index >= 15 is 0 Å². The Balaban J connectivity index is 3.30. The quantitative estimate of drug-likeness (QED) is 0.336. The molecule has 4 nitrogen and oxygen atoms in total. The maximum Gasteiger partial charge on any atom is 0.308 e. The number of aliphatic hydroxyl groups excluding tert-OH is 1. The summed E-state index contributed by atoms with van der Waals surface area (Å²) in [5, 5.41) is 9.05. The fraction of sp³-hybridized carbons (Fsp3) is 0.867. The first-order valence-corrected chi connectivity index (χ1v) is 7.46. The van der Waals surface area contributed by atoms with Gasteiger partial charge in [-0.05, 0) is 6.42 Å². The zero-order chi connectivity index (χ0) is 14.5. The third-order valence-corrected chi connectivity index (χ3v) is 3.08. The molecule has 0 radical (unpaired) electrons. The molecule has 0 heterocycles. The van der Waals surface area contributed by atoms with Crippen LogP contribution >= 0.6 is 0 Å². The lowest BCUT2D eigenvalue weighted by Crippen LogP contribution is -2.24. The van der Waals surface area contributed by atoms with Crippen LogP contribution in [-0.4, -0.2) is 23.1 Å². The van der Waals surface area contributed by atoms with Crippen molar-refractivity contribution in [2.75, 3.05) is 0 Å². The van der Waals surface area contributed by atoms with Gasteiger partial charge in [-0.25, -0.2) is 0 Å². The van der Waals surface area contributed by atoms with Gasteiger partial charge in [-0.3, -0.25) is 9.59 Å². The monoisotopic (exact) mass is 272 g/mol. The van der Waals surface area contributed by atoms with Crippen molar-refractivity contribution in [3.05, 3.63) is 0 Å². The van der Waals surface area contributed by atoms with Gasteiger partial charge in [0.2, 0.25) is 0 Å². The largest absolute Gasteiger partial charge is 0.428 e. The summed E-state index contributed by atoms with van der Waals surface area (Å²) in [4.78, 5) is 21.9. The maximum atomic E-state index is 11.2. The van der Waals surface area contributed by atoms with E-state index in [0.29, 0.717) is 0 Å². The normalized spacial score (nSPS) is 12.2. The molecule has 0 aliphatic heterocycles. The highest BCUT2D eigenvalue weighted by Crippen LogP contribution is 2.10. The molecule has 4 heteroatoms. The molecule has 0 saturated carbocycles. The van der Waals surface area contributed by atoms with E-state index < -0.39 is 18.0 Å². The maximum absolute atomic E-state index is 11.2. The number of ether oxygens (including phenoxy) is 1. The molecule has 0 saturated heterocycles. The second-order valence-corrected chi connectivity index (χ2v) is 5.03. The lowest BCUT2D eigenvalue weighted by molar-refractivity contribution is -0.174. The van der Waals surface area contributed by atoms with E-state index in [1.54, 1.807) is 0 Å². The molecule has 112 valence electrons. The van der Waals surface area contributed by atoms with Gasteiger partial charge in [0.05, 0.1) is 0 Å². The first-order chi connectivity index (χ1) is 9.07. The SMILES string of the molecule is CCCCCCCCCCCC(=O)OC(O)C(C)=O. The second kappa shape index (κ2) is 12.2. The number of aliphatic hydroxyl groups is 1. The molecule has 1 unspecified atom stereocenters. The molecular weight excluding hydrogens is 244 g/mol. The van der Waals surface area contributed by atoms with Gasteiger partial charge in [0, 0.05) is 13.3 Å². The van der Waals surface area contributed by atoms with Crippen molar-refractivity contribution in [1.82, 2.24) is 0 Å². The van der Waals surface area contributed by atoms with E-state index in [0.717, 1.165) is 19.3 Å². The molecular formula is C15H28O4.